The fourth-order valence-electron chi connectivity index (χ4n) is 11.3. The fraction of sp³-hybridized carbons (Fsp3) is 0.743. The van der Waals surface area contributed by atoms with E-state index in [4.69, 9.17) is 28.4 Å². The van der Waals surface area contributed by atoms with Gasteiger partial charge in [-0.15, -0.1) is 0 Å². The maximum atomic E-state index is 13.4. The van der Waals surface area contributed by atoms with Crippen molar-refractivity contribution in [2.24, 2.45) is 0 Å². The first-order valence-electron chi connectivity index (χ1n) is 35.6. The van der Waals surface area contributed by atoms with Crippen molar-refractivity contribution in [2.45, 2.75) is 324 Å². The summed E-state index contributed by atoms with van der Waals surface area (Å²) in [6.07, 6.45) is 46.3. The zero-order valence-corrected chi connectivity index (χ0v) is 56.4. The Hall–Kier alpha value is -3.55. The molecular weight excluding hydrogens is 1190 g/mol. The molecule has 0 bridgehead atoms. The van der Waals surface area contributed by atoms with Crippen LogP contribution >= 0.6 is 0 Å². The maximum Gasteiger partial charge on any atom is 0.220 e. The maximum absolute atomic E-state index is 13.4. The largest absolute Gasteiger partial charge is 0.394 e. The summed E-state index contributed by atoms with van der Waals surface area (Å²) in [5.41, 5.74) is 0. The quantitative estimate of drug-likeness (QED) is 0.0199. The Kier molecular flexibility index (Phi) is 49.0. The van der Waals surface area contributed by atoms with E-state index in [0.717, 1.165) is 116 Å². The number of hydrogen-bond acceptors (Lipinski definition) is 18. The lowest BCUT2D eigenvalue weighted by Gasteiger charge is -2.48. The zero-order chi connectivity index (χ0) is 67.5. The lowest BCUT2D eigenvalue weighted by molar-refractivity contribution is -0.379. The van der Waals surface area contributed by atoms with Crippen LogP contribution in [0.25, 0.3) is 0 Å². The number of nitrogens with one attached hydrogen (secondary N) is 1. The summed E-state index contributed by atoms with van der Waals surface area (Å²) in [6, 6.07) is -0.985. The molecule has 12 N–H and O–H groups in total. The second-order valence-electron chi connectivity index (χ2n) is 25.0. The van der Waals surface area contributed by atoms with Crippen molar-refractivity contribution in [3.8, 4) is 0 Å². The molecule has 17 unspecified atom stereocenters. The Morgan fingerprint density at radius 2 is 0.742 bits per heavy atom. The highest BCUT2D eigenvalue weighted by Gasteiger charge is 2.53. The highest BCUT2D eigenvalue weighted by Crippen LogP contribution is 2.33. The molecular formula is C74H125NO18. The number of carbonyl (C=O) groups excluding carboxylic acids is 1. The number of aliphatic hydroxyl groups is 11. The van der Waals surface area contributed by atoms with Gasteiger partial charge in [0.25, 0.3) is 0 Å². The van der Waals surface area contributed by atoms with E-state index in [9.17, 15) is 61.0 Å². The van der Waals surface area contributed by atoms with Crippen molar-refractivity contribution < 1.29 is 89.4 Å². The number of ether oxygens (including phenoxy) is 6. The number of rotatable bonds is 53. The average molecular weight is 1320 g/mol. The second kappa shape index (κ2) is 54.5. The van der Waals surface area contributed by atoms with Gasteiger partial charge >= 0.3 is 0 Å². The topological polar surface area (TPSA) is 307 Å². The van der Waals surface area contributed by atoms with Crippen molar-refractivity contribution in [1.29, 1.82) is 0 Å². The molecule has 534 valence electrons. The molecule has 3 aliphatic heterocycles. The Morgan fingerprint density at radius 3 is 1.16 bits per heavy atom. The molecule has 0 saturated carbocycles. The Bertz CT molecular complexity index is 2110. The van der Waals surface area contributed by atoms with Gasteiger partial charge in [-0.25, -0.2) is 0 Å². The third-order valence-electron chi connectivity index (χ3n) is 17.1. The third-order valence-corrected chi connectivity index (χ3v) is 17.1. The summed E-state index contributed by atoms with van der Waals surface area (Å²) in [5.74, 6) is -0.289. The number of aliphatic hydroxyl groups excluding tert-OH is 11. The summed E-state index contributed by atoms with van der Waals surface area (Å²) in [5, 5.41) is 120. The van der Waals surface area contributed by atoms with Crippen LogP contribution < -0.4 is 5.32 Å². The standard InChI is InChI=1S/C74H125NO18/c1-3-5-7-9-11-13-15-17-19-20-21-22-23-24-25-26-27-28-29-30-31-32-33-34-35-36-38-40-42-44-46-48-50-52-62(80)75-57(58(79)51-49-47-45-43-41-39-37-18-16-14-12-10-8-6-4-2)56-88-72-68(86)65(83)70(60(54-77)90-72)93-74-69(87)66(84)71(61(55-78)91-74)92-73-67(85)64(82)63(81)59(53-76)89-73/h5,7,11,13,17,19,21-22,24-25,27-28,30-31,33-34,49,51,57-61,63-74,76-79,81-87H,3-4,6,8-10,12,14-16,18,20,23,26,29,32,35-48,50,52-56H2,1-2H3,(H,75,80)/b7-5-,13-11-,19-17-,22-21-,25-24-,28-27-,31-30-,34-33-,51-49+. The molecule has 19 heteroatoms. The molecule has 0 aliphatic carbocycles. The summed E-state index contributed by atoms with van der Waals surface area (Å²) < 4.78 is 34.3. The van der Waals surface area contributed by atoms with Crippen LogP contribution in [-0.4, -0.2) is 193 Å². The van der Waals surface area contributed by atoms with Gasteiger partial charge in [0.15, 0.2) is 18.9 Å². The molecule has 17 atom stereocenters. The second-order valence-corrected chi connectivity index (χ2v) is 25.0. The van der Waals surface area contributed by atoms with Crippen LogP contribution in [0.15, 0.2) is 109 Å². The molecule has 19 nitrogen and oxygen atoms in total. The highest BCUT2D eigenvalue weighted by molar-refractivity contribution is 5.76. The summed E-state index contributed by atoms with van der Waals surface area (Å²) in [4.78, 5) is 13.4. The first-order chi connectivity index (χ1) is 45.3. The van der Waals surface area contributed by atoms with Crippen molar-refractivity contribution >= 4 is 5.91 Å². The van der Waals surface area contributed by atoms with E-state index in [1.54, 1.807) is 6.08 Å². The lowest BCUT2D eigenvalue weighted by atomic mass is 9.96. The van der Waals surface area contributed by atoms with Gasteiger partial charge in [0.2, 0.25) is 5.91 Å². The van der Waals surface area contributed by atoms with E-state index in [0.29, 0.717) is 6.42 Å². The van der Waals surface area contributed by atoms with Crippen LogP contribution in [-0.2, 0) is 33.2 Å². The summed E-state index contributed by atoms with van der Waals surface area (Å²) in [7, 11) is 0. The molecule has 93 heavy (non-hydrogen) atoms. The zero-order valence-electron chi connectivity index (χ0n) is 56.4. The molecule has 0 spiro atoms. The molecule has 3 aliphatic rings. The van der Waals surface area contributed by atoms with Gasteiger partial charge < -0.3 is 89.9 Å². The number of carbonyl (C=O) groups is 1. The van der Waals surface area contributed by atoms with E-state index < -0.39 is 124 Å². The average Bonchev–Trinajstić information content (AvgIpc) is 0.902. The molecule has 0 radical (unpaired) electrons. The molecule has 0 aromatic heterocycles. The molecule has 0 aromatic rings. The van der Waals surface area contributed by atoms with Crippen LogP contribution in [0.1, 0.15) is 219 Å². The van der Waals surface area contributed by atoms with Gasteiger partial charge in [-0.2, -0.15) is 0 Å². The Morgan fingerprint density at radius 1 is 0.398 bits per heavy atom. The van der Waals surface area contributed by atoms with Crippen LogP contribution in [0.5, 0.6) is 0 Å². The predicted molar refractivity (Wildman–Crippen MR) is 364 cm³/mol. The number of hydrogen-bond donors (Lipinski definition) is 12. The van der Waals surface area contributed by atoms with Crippen LogP contribution in [0.2, 0.25) is 0 Å². The normalized spacial score (nSPS) is 28.2. The van der Waals surface area contributed by atoms with E-state index >= 15 is 0 Å². The first kappa shape index (κ1) is 83.7. The Balaban J connectivity index is 1.40. The molecule has 3 saturated heterocycles. The van der Waals surface area contributed by atoms with E-state index in [1.807, 2.05) is 6.08 Å². The molecule has 3 fully saturated rings. The number of amides is 1. The first-order valence-corrected chi connectivity index (χ1v) is 35.6. The highest BCUT2D eigenvalue weighted by atomic mass is 16.8. The fourth-order valence-corrected chi connectivity index (χ4v) is 11.3. The van der Waals surface area contributed by atoms with Crippen LogP contribution in [0.3, 0.4) is 0 Å². The number of unbranched alkanes of at least 4 members (excludes halogenated alkanes) is 21. The van der Waals surface area contributed by atoms with Gasteiger partial charge in [-0.1, -0.05) is 239 Å². The van der Waals surface area contributed by atoms with Crippen molar-refractivity contribution in [3.05, 3.63) is 109 Å². The Labute approximate surface area is 557 Å². The summed E-state index contributed by atoms with van der Waals surface area (Å²) in [6.45, 7) is 1.60. The minimum atomic E-state index is -1.98. The van der Waals surface area contributed by atoms with Crippen LogP contribution in [0.4, 0.5) is 0 Å². The van der Waals surface area contributed by atoms with Gasteiger partial charge in [-0.3, -0.25) is 4.79 Å². The van der Waals surface area contributed by atoms with Gasteiger partial charge in [0, 0.05) is 6.42 Å². The van der Waals surface area contributed by atoms with Gasteiger partial charge in [0.05, 0.1) is 38.6 Å². The van der Waals surface area contributed by atoms with E-state index in [1.165, 1.54) is 77.0 Å². The van der Waals surface area contributed by atoms with Gasteiger partial charge in [-0.05, 0) is 83.5 Å². The molecule has 1 amide bonds. The molecule has 3 heterocycles. The SMILES string of the molecule is CC/C=C\C/C=C\C/C=C\C/C=C\C/C=C\C/C=C\C/C=C\C/C=C\CCCCCCCCCCC(=O)NC(COC1OC(CO)C(OC2OC(CO)C(OC3OC(CO)C(O)C(O)C3O)C(O)C2O)C(O)C1O)C(O)/C=C/CCCCCCCCCCCCCCC. The molecule has 0 aromatic carbocycles. The van der Waals surface area contributed by atoms with E-state index in [2.05, 4.69) is 116 Å². The van der Waals surface area contributed by atoms with Crippen LogP contribution in [0, 0.1) is 0 Å². The smallest absolute Gasteiger partial charge is 0.220 e. The van der Waals surface area contributed by atoms with Crippen molar-refractivity contribution in [2.75, 3.05) is 26.4 Å². The van der Waals surface area contributed by atoms with Crippen molar-refractivity contribution in [1.82, 2.24) is 5.32 Å². The monoisotopic (exact) mass is 1320 g/mol. The minimum Gasteiger partial charge on any atom is -0.394 e. The minimum absolute atomic E-state index is 0.227. The van der Waals surface area contributed by atoms with Gasteiger partial charge in [0.1, 0.15) is 73.2 Å². The predicted octanol–water partition coefficient (Wildman–Crippen LogP) is 9.83. The molecule has 3 rings (SSSR count). The third kappa shape index (κ3) is 36.0. The number of allylic oxidation sites excluding steroid dienone is 17. The van der Waals surface area contributed by atoms with E-state index in [-0.39, 0.29) is 18.9 Å². The van der Waals surface area contributed by atoms with Crippen molar-refractivity contribution in [3.63, 3.8) is 0 Å². The summed E-state index contributed by atoms with van der Waals surface area (Å²) >= 11 is 0. The lowest BCUT2D eigenvalue weighted by Crippen LogP contribution is -2.66.